The molecule has 3 rings (SSSR count). The molecule has 0 spiro atoms. The highest BCUT2D eigenvalue weighted by molar-refractivity contribution is 5.97. The molecule has 0 fully saturated rings. The Labute approximate surface area is 162 Å². The Hall–Kier alpha value is -3.13. The van der Waals surface area contributed by atoms with Gasteiger partial charge in [-0.1, -0.05) is 12.1 Å². The molecule has 1 aliphatic rings. The van der Waals surface area contributed by atoms with Crippen LogP contribution in [0.1, 0.15) is 10.4 Å². The van der Waals surface area contributed by atoms with E-state index in [1.54, 1.807) is 36.4 Å². The fourth-order valence-electron chi connectivity index (χ4n) is 2.76. The van der Waals surface area contributed by atoms with Crippen molar-refractivity contribution in [3.63, 3.8) is 0 Å². The Morgan fingerprint density at radius 1 is 1.11 bits per heavy atom. The van der Waals surface area contributed by atoms with Crippen LogP contribution in [0, 0.1) is 0 Å². The fraction of sp³-hybridized carbons (Fsp3) is 0.350. The van der Waals surface area contributed by atoms with E-state index < -0.39 is 6.10 Å². The molecule has 28 heavy (non-hydrogen) atoms. The second kappa shape index (κ2) is 9.18. The van der Waals surface area contributed by atoms with Crippen LogP contribution in [0.4, 0.5) is 0 Å². The summed E-state index contributed by atoms with van der Waals surface area (Å²) in [6, 6.07) is 10.3. The number of carbonyl (C=O) groups excluding carboxylic acids is 1. The quantitative estimate of drug-likeness (QED) is 0.709. The van der Waals surface area contributed by atoms with Crippen molar-refractivity contribution in [2.75, 3.05) is 40.6 Å². The number of hydrogen-bond donors (Lipinski definition) is 2. The number of fused-ring (bicyclic) bond motifs is 1. The molecule has 0 aliphatic carbocycles. The molecule has 1 unspecified atom stereocenters. The van der Waals surface area contributed by atoms with Gasteiger partial charge in [0.1, 0.15) is 25.9 Å². The minimum absolute atomic E-state index is 0.000816. The third-order valence-corrected chi connectivity index (χ3v) is 4.11. The normalized spacial score (nSPS) is 13.4. The average Bonchev–Trinajstić information content (AvgIpc) is 2.75. The summed E-state index contributed by atoms with van der Waals surface area (Å²) in [6.07, 6.45) is -0.935. The highest BCUT2D eigenvalue weighted by Crippen LogP contribution is 2.37. The van der Waals surface area contributed by atoms with E-state index in [0.717, 1.165) is 0 Å². The standard InChI is InChI=1S/C20H23NO7/c1-24-15-6-4-7-16(25-2)19(15)28-12-13(22)11-21-20(23)14-5-3-8-17-18(14)27-10-9-26-17/h3-8,13,22H,9-12H2,1-2H3,(H,21,23). The molecule has 0 radical (unpaired) electrons. The van der Waals surface area contributed by atoms with Gasteiger partial charge in [-0.15, -0.1) is 0 Å². The number of hydrogen-bond acceptors (Lipinski definition) is 7. The summed E-state index contributed by atoms with van der Waals surface area (Å²) in [4.78, 5) is 12.5. The number of para-hydroxylation sites is 2. The molecular formula is C20H23NO7. The summed E-state index contributed by atoms with van der Waals surface area (Å²) < 4.78 is 27.1. The largest absolute Gasteiger partial charge is 0.493 e. The van der Waals surface area contributed by atoms with Gasteiger partial charge >= 0.3 is 0 Å². The van der Waals surface area contributed by atoms with Gasteiger partial charge in [-0.3, -0.25) is 4.79 Å². The van der Waals surface area contributed by atoms with E-state index in [0.29, 0.717) is 47.5 Å². The van der Waals surface area contributed by atoms with Crippen molar-refractivity contribution in [1.82, 2.24) is 5.32 Å². The first-order valence-corrected chi connectivity index (χ1v) is 8.82. The van der Waals surface area contributed by atoms with Gasteiger partial charge in [0.05, 0.1) is 19.8 Å². The van der Waals surface area contributed by atoms with E-state index in [2.05, 4.69) is 5.32 Å². The molecule has 1 aliphatic heterocycles. The first kappa shape index (κ1) is 19.6. The molecular weight excluding hydrogens is 366 g/mol. The molecule has 2 N–H and O–H groups in total. The van der Waals surface area contributed by atoms with Crippen LogP contribution in [-0.2, 0) is 0 Å². The summed E-state index contributed by atoms with van der Waals surface area (Å²) in [5.41, 5.74) is 0.358. The highest BCUT2D eigenvalue weighted by atomic mass is 16.6. The second-order valence-corrected chi connectivity index (χ2v) is 6.00. The molecule has 8 nitrogen and oxygen atoms in total. The molecule has 8 heteroatoms. The predicted octanol–water partition coefficient (Wildman–Crippen LogP) is 1.64. The highest BCUT2D eigenvalue weighted by Gasteiger charge is 2.21. The van der Waals surface area contributed by atoms with Crippen LogP contribution in [0.5, 0.6) is 28.7 Å². The topological polar surface area (TPSA) is 95.5 Å². The van der Waals surface area contributed by atoms with Crippen LogP contribution in [0.2, 0.25) is 0 Å². The van der Waals surface area contributed by atoms with Gasteiger partial charge in [0, 0.05) is 6.54 Å². The summed E-state index contributed by atoms with van der Waals surface area (Å²) in [7, 11) is 3.04. The van der Waals surface area contributed by atoms with Gasteiger partial charge in [-0.25, -0.2) is 0 Å². The van der Waals surface area contributed by atoms with Gasteiger partial charge in [0.2, 0.25) is 5.75 Å². The van der Waals surface area contributed by atoms with Crippen LogP contribution in [0.25, 0.3) is 0 Å². The lowest BCUT2D eigenvalue weighted by molar-refractivity contribution is 0.0826. The van der Waals surface area contributed by atoms with Crippen molar-refractivity contribution >= 4 is 5.91 Å². The minimum atomic E-state index is -0.935. The Balaban J connectivity index is 1.57. The van der Waals surface area contributed by atoms with Crippen LogP contribution in [0.15, 0.2) is 36.4 Å². The SMILES string of the molecule is COc1cccc(OC)c1OCC(O)CNC(=O)c1cccc2c1OCCO2. The van der Waals surface area contributed by atoms with E-state index in [1.807, 2.05) is 0 Å². The van der Waals surface area contributed by atoms with Crippen molar-refractivity contribution in [2.24, 2.45) is 0 Å². The van der Waals surface area contributed by atoms with Crippen LogP contribution in [0.3, 0.4) is 0 Å². The summed E-state index contributed by atoms with van der Waals surface area (Å²) in [6.45, 7) is 0.777. The number of methoxy groups -OCH3 is 2. The number of ether oxygens (including phenoxy) is 5. The van der Waals surface area contributed by atoms with Crippen molar-refractivity contribution in [3.05, 3.63) is 42.0 Å². The summed E-state index contributed by atoms with van der Waals surface area (Å²) >= 11 is 0. The number of aliphatic hydroxyl groups excluding tert-OH is 1. The van der Waals surface area contributed by atoms with Crippen LogP contribution >= 0.6 is 0 Å². The average molecular weight is 389 g/mol. The zero-order valence-electron chi connectivity index (χ0n) is 15.8. The lowest BCUT2D eigenvalue weighted by Crippen LogP contribution is -2.35. The number of benzene rings is 2. The van der Waals surface area contributed by atoms with E-state index in [-0.39, 0.29) is 19.1 Å². The van der Waals surface area contributed by atoms with Gasteiger partial charge in [0.25, 0.3) is 5.91 Å². The molecule has 0 saturated heterocycles. The maximum atomic E-state index is 12.5. The maximum Gasteiger partial charge on any atom is 0.255 e. The third-order valence-electron chi connectivity index (χ3n) is 4.11. The first-order chi connectivity index (χ1) is 13.6. The summed E-state index contributed by atoms with van der Waals surface area (Å²) in [5.74, 6) is 1.95. The fourth-order valence-corrected chi connectivity index (χ4v) is 2.76. The zero-order chi connectivity index (χ0) is 19.9. The number of rotatable bonds is 8. The third kappa shape index (κ3) is 4.40. The van der Waals surface area contributed by atoms with Gasteiger partial charge in [-0.05, 0) is 24.3 Å². The lowest BCUT2D eigenvalue weighted by atomic mass is 10.1. The molecule has 2 aromatic rings. The Bertz CT molecular complexity index is 802. The van der Waals surface area contributed by atoms with E-state index >= 15 is 0 Å². The molecule has 0 aromatic heterocycles. The molecule has 0 saturated carbocycles. The Kier molecular flexibility index (Phi) is 6.44. The monoisotopic (exact) mass is 389 g/mol. The molecule has 0 bridgehead atoms. The van der Waals surface area contributed by atoms with Crippen LogP contribution in [-0.4, -0.2) is 57.7 Å². The molecule has 1 heterocycles. The number of aliphatic hydroxyl groups is 1. The van der Waals surface area contributed by atoms with Gasteiger partial charge in [0.15, 0.2) is 23.0 Å². The van der Waals surface area contributed by atoms with Crippen molar-refractivity contribution in [1.29, 1.82) is 0 Å². The van der Waals surface area contributed by atoms with Crippen molar-refractivity contribution < 1.29 is 33.6 Å². The maximum absolute atomic E-state index is 12.5. The Morgan fingerprint density at radius 3 is 2.50 bits per heavy atom. The Morgan fingerprint density at radius 2 is 1.79 bits per heavy atom. The lowest BCUT2D eigenvalue weighted by Gasteiger charge is -2.21. The molecule has 2 aromatic carbocycles. The number of carbonyl (C=O) groups is 1. The molecule has 1 atom stereocenters. The molecule has 150 valence electrons. The summed E-state index contributed by atoms with van der Waals surface area (Å²) in [5, 5.41) is 12.9. The number of amides is 1. The molecule has 1 amide bonds. The smallest absolute Gasteiger partial charge is 0.255 e. The van der Waals surface area contributed by atoms with E-state index in [9.17, 15) is 9.90 Å². The van der Waals surface area contributed by atoms with Crippen molar-refractivity contribution in [2.45, 2.75) is 6.10 Å². The second-order valence-electron chi connectivity index (χ2n) is 6.00. The van der Waals surface area contributed by atoms with Gasteiger partial charge < -0.3 is 34.1 Å². The number of nitrogens with one attached hydrogen (secondary N) is 1. The van der Waals surface area contributed by atoms with Crippen molar-refractivity contribution in [3.8, 4) is 28.7 Å². The van der Waals surface area contributed by atoms with Gasteiger partial charge in [-0.2, -0.15) is 0 Å². The van der Waals surface area contributed by atoms with Crippen LogP contribution < -0.4 is 29.0 Å². The van der Waals surface area contributed by atoms with E-state index in [4.69, 9.17) is 23.7 Å². The predicted molar refractivity (Wildman–Crippen MR) is 101 cm³/mol. The zero-order valence-corrected chi connectivity index (χ0v) is 15.8. The minimum Gasteiger partial charge on any atom is -0.493 e. The first-order valence-electron chi connectivity index (χ1n) is 8.82. The van der Waals surface area contributed by atoms with E-state index in [1.165, 1.54) is 14.2 Å².